The van der Waals surface area contributed by atoms with Gasteiger partial charge in [0.05, 0.1) is 6.61 Å². The van der Waals surface area contributed by atoms with Gasteiger partial charge in [-0.1, -0.05) is 36.5 Å². The van der Waals surface area contributed by atoms with E-state index in [2.05, 4.69) is 13.8 Å². The van der Waals surface area contributed by atoms with Crippen molar-refractivity contribution in [1.29, 1.82) is 0 Å². The van der Waals surface area contributed by atoms with Crippen molar-refractivity contribution in [1.82, 2.24) is 0 Å². The van der Waals surface area contributed by atoms with E-state index >= 15 is 0 Å². The van der Waals surface area contributed by atoms with Crippen molar-refractivity contribution in [2.75, 3.05) is 12.4 Å². The summed E-state index contributed by atoms with van der Waals surface area (Å²) < 4.78 is 5.29. The average Bonchev–Trinajstić information content (AvgIpc) is 1.78. The van der Waals surface area contributed by atoms with E-state index < -0.39 is 6.70 Å². The highest BCUT2D eigenvalue weighted by atomic mass is 35.7. The fourth-order valence-corrected chi connectivity index (χ4v) is 3.91. The Morgan fingerprint density at radius 1 is 1.67 bits per heavy atom. The van der Waals surface area contributed by atoms with Gasteiger partial charge in [0.15, 0.2) is 6.70 Å². The van der Waals surface area contributed by atoms with Crippen LogP contribution >= 0.6 is 29.3 Å². The van der Waals surface area contributed by atoms with E-state index in [9.17, 15) is 0 Å². The van der Waals surface area contributed by atoms with E-state index in [-0.39, 0.29) is 0 Å². The molecule has 0 N–H and O–H groups in total. The summed E-state index contributed by atoms with van der Waals surface area (Å²) in [4.78, 5) is 0. The first-order valence-electron chi connectivity index (χ1n) is 2.82. The second-order valence-corrected chi connectivity index (χ2v) is 7.45. The lowest BCUT2D eigenvalue weighted by Crippen LogP contribution is -2.23. The standard InChI is InChI=1S/C5H10ClOPS/c1-5(2)3-7-8(6)9-4-5/h3-4H2,1-2H3. The number of hydrogen-bond donors (Lipinski definition) is 0. The highest BCUT2D eigenvalue weighted by Gasteiger charge is 2.27. The van der Waals surface area contributed by atoms with Crippen molar-refractivity contribution < 1.29 is 4.52 Å². The summed E-state index contributed by atoms with van der Waals surface area (Å²) in [6.45, 7) is 4.54. The first-order valence-corrected chi connectivity index (χ1v) is 6.57. The van der Waals surface area contributed by atoms with Crippen LogP contribution in [0.15, 0.2) is 0 Å². The normalized spacial score (nSPS) is 34.3. The molecule has 0 aliphatic carbocycles. The van der Waals surface area contributed by atoms with E-state index in [0.29, 0.717) is 5.41 Å². The quantitative estimate of drug-likeness (QED) is 0.535. The molecule has 0 aromatic heterocycles. The van der Waals surface area contributed by atoms with E-state index in [1.165, 1.54) is 0 Å². The van der Waals surface area contributed by atoms with Gasteiger partial charge in [-0.2, -0.15) is 0 Å². The summed E-state index contributed by atoms with van der Waals surface area (Å²) in [5, 5.41) is 0. The lowest BCUT2D eigenvalue weighted by Gasteiger charge is -2.30. The van der Waals surface area contributed by atoms with Gasteiger partial charge < -0.3 is 4.52 Å². The molecule has 0 aromatic carbocycles. The summed E-state index contributed by atoms with van der Waals surface area (Å²) >= 11 is 7.48. The Morgan fingerprint density at radius 2 is 2.33 bits per heavy atom. The molecule has 1 heterocycles. The fourth-order valence-electron chi connectivity index (χ4n) is 0.530. The summed E-state index contributed by atoms with van der Waals surface area (Å²) in [5.41, 5.74) is 0.332. The lowest BCUT2D eigenvalue weighted by atomic mass is 9.98. The van der Waals surface area contributed by atoms with Crippen LogP contribution in [-0.2, 0) is 4.52 Å². The third-order valence-electron chi connectivity index (χ3n) is 1.11. The maximum atomic E-state index is 5.75. The minimum absolute atomic E-state index is 0.332. The zero-order valence-corrected chi connectivity index (χ0v) is 8.02. The van der Waals surface area contributed by atoms with E-state index in [1.54, 1.807) is 11.4 Å². The van der Waals surface area contributed by atoms with Gasteiger partial charge in [0.1, 0.15) is 0 Å². The van der Waals surface area contributed by atoms with Crippen molar-refractivity contribution in [3.05, 3.63) is 0 Å². The molecule has 1 atom stereocenters. The topological polar surface area (TPSA) is 9.23 Å². The van der Waals surface area contributed by atoms with Gasteiger partial charge in [-0.15, -0.1) is 0 Å². The van der Waals surface area contributed by atoms with Gasteiger partial charge in [0.2, 0.25) is 0 Å². The molecule has 1 fully saturated rings. The van der Waals surface area contributed by atoms with Crippen LogP contribution in [0.5, 0.6) is 0 Å². The fraction of sp³-hybridized carbons (Fsp3) is 1.00. The Hall–Kier alpha value is 1.03. The Labute approximate surface area is 65.9 Å². The molecule has 4 heteroatoms. The van der Waals surface area contributed by atoms with Crippen LogP contribution in [0.3, 0.4) is 0 Å². The summed E-state index contributed by atoms with van der Waals surface area (Å²) in [5.74, 6) is 1.13. The van der Waals surface area contributed by atoms with Crippen LogP contribution in [0.25, 0.3) is 0 Å². The van der Waals surface area contributed by atoms with Crippen LogP contribution in [0.4, 0.5) is 0 Å². The average molecular weight is 185 g/mol. The molecule has 1 saturated heterocycles. The van der Waals surface area contributed by atoms with Crippen LogP contribution in [-0.4, -0.2) is 12.4 Å². The zero-order valence-electron chi connectivity index (χ0n) is 5.56. The van der Waals surface area contributed by atoms with E-state index in [4.69, 9.17) is 15.8 Å². The van der Waals surface area contributed by atoms with Crippen molar-refractivity contribution >= 4 is 29.3 Å². The molecule has 0 radical (unpaired) electrons. The minimum Gasteiger partial charge on any atom is -0.335 e. The summed E-state index contributed by atoms with van der Waals surface area (Å²) in [6.07, 6.45) is 0. The molecule has 1 unspecified atom stereocenters. The SMILES string of the molecule is CC1(C)COP(Cl)SC1. The molecular formula is C5H10ClOPS. The molecule has 54 valence electrons. The second-order valence-electron chi connectivity index (χ2n) is 2.92. The lowest BCUT2D eigenvalue weighted by molar-refractivity contribution is 0.222. The smallest absolute Gasteiger partial charge is 0.188 e. The predicted molar refractivity (Wildman–Crippen MR) is 45.0 cm³/mol. The molecule has 0 spiro atoms. The van der Waals surface area contributed by atoms with Crippen molar-refractivity contribution in [3.63, 3.8) is 0 Å². The zero-order chi connectivity index (χ0) is 6.91. The minimum atomic E-state index is -0.661. The highest BCUT2D eigenvalue weighted by Crippen LogP contribution is 2.60. The third-order valence-corrected chi connectivity index (χ3v) is 5.04. The van der Waals surface area contributed by atoms with Gasteiger partial charge >= 0.3 is 0 Å². The summed E-state index contributed by atoms with van der Waals surface area (Å²) in [6, 6.07) is 0. The predicted octanol–water partition coefficient (Wildman–Crippen LogP) is 3.24. The molecule has 0 amide bonds. The molecule has 0 bridgehead atoms. The highest BCUT2D eigenvalue weighted by molar-refractivity contribution is 8.61. The molecule has 0 saturated carbocycles. The van der Waals surface area contributed by atoms with Gasteiger partial charge in [-0.3, -0.25) is 0 Å². The Balaban J connectivity index is 2.35. The van der Waals surface area contributed by atoms with E-state index in [0.717, 1.165) is 12.4 Å². The van der Waals surface area contributed by atoms with Gasteiger partial charge in [-0.05, 0) is 5.41 Å². The van der Waals surface area contributed by atoms with Crippen LogP contribution in [0.2, 0.25) is 0 Å². The van der Waals surface area contributed by atoms with Crippen molar-refractivity contribution in [3.8, 4) is 0 Å². The first-order chi connectivity index (χ1) is 4.10. The first kappa shape index (κ1) is 8.13. The number of hydrogen-bond acceptors (Lipinski definition) is 2. The van der Waals surface area contributed by atoms with Crippen molar-refractivity contribution in [2.45, 2.75) is 13.8 Å². The number of halogens is 1. The molecule has 0 aromatic rings. The second kappa shape index (κ2) is 2.96. The van der Waals surface area contributed by atoms with Crippen LogP contribution in [0, 0.1) is 5.41 Å². The molecule has 1 aliphatic rings. The van der Waals surface area contributed by atoms with Gasteiger partial charge in [0.25, 0.3) is 0 Å². The maximum absolute atomic E-state index is 5.75. The largest absolute Gasteiger partial charge is 0.335 e. The van der Waals surface area contributed by atoms with Gasteiger partial charge in [0, 0.05) is 5.75 Å². The molecule has 9 heavy (non-hydrogen) atoms. The maximum Gasteiger partial charge on any atom is 0.188 e. The third kappa shape index (κ3) is 2.63. The molecule has 1 aliphatic heterocycles. The van der Waals surface area contributed by atoms with Crippen molar-refractivity contribution in [2.24, 2.45) is 5.41 Å². The molecule has 1 nitrogen and oxygen atoms in total. The monoisotopic (exact) mass is 184 g/mol. The van der Waals surface area contributed by atoms with Gasteiger partial charge in [-0.25, -0.2) is 0 Å². The Kier molecular flexibility index (Phi) is 2.67. The van der Waals surface area contributed by atoms with E-state index in [1.807, 2.05) is 0 Å². The molecular weight excluding hydrogens is 175 g/mol. The van der Waals surface area contributed by atoms with Crippen LogP contribution < -0.4 is 0 Å². The Morgan fingerprint density at radius 3 is 2.67 bits per heavy atom. The van der Waals surface area contributed by atoms with Crippen LogP contribution in [0.1, 0.15) is 13.8 Å². The summed E-state index contributed by atoms with van der Waals surface area (Å²) in [7, 11) is 0. The number of rotatable bonds is 0. The Bertz CT molecular complexity index is 99.1. The molecule has 1 rings (SSSR count).